The number of likely N-dealkylation sites (tertiary alicyclic amines) is 2. The van der Waals surface area contributed by atoms with Gasteiger partial charge in [0.25, 0.3) is 0 Å². The lowest BCUT2D eigenvalue weighted by atomic mass is 9.99. The van der Waals surface area contributed by atoms with Gasteiger partial charge >= 0.3 is 5.97 Å². The second kappa shape index (κ2) is 36.4. The molecule has 2 aliphatic heterocycles. The quantitative estimate of drug-likeness (QED) is 0.0215. The van der Waals surface area contributed by atoms with Gasteiger partial charge in [-0.3, -0.25) is 57.5 Å². The lowest BCUT2D eigenvalue weighted by Crippen LogP contribution is -2.60. The molecule has 32 nitrogen and oxygen atoms in total. The van der Waals surface area contributed by atoms with Crippen LogP contribution in [-0.4, -0.2) is 192 Å². The minimum Gasteiger partial charge on any atom is -0.480 e. The molecule has 2 fully saturated rings. The highest BCUT2D eigenvalue weighted by molar-refractivity contribution is 6.00. The Morgan fingerprint density at radius 1 is 0.566 bits per heavy atom. The van der Waals surface area contributed by atoms with E-state index in [1.807, 2.05) is 42.5 Å². The molecular weight excluding hydrogens is 1280 g/mol. The molecule has 12 amide bonds. The van der Waals surface area contributed by atoms with Crippen molar-refractivity contribution in [2.75, 3.05) is 26.2 Å². The van der Waals surface area contributed by atoms with Gasteiger partial charge in [0.2, 0.25) is 70.9 Å². The first-order chi connectivity index (χ1) is 47.2. The minimum atomic E-state index is -1.55. The van der Waals surface area contributed by atoms with Crippen LogP contribution in [0.25, 0.3) is 21.8 Å². The van der Waals surface area contributed by atoms with Crippen molar-refractivity contribution in [2.45, 2.75) is 184 Å². The molecule has 5 aromatic rings. The molecule has 32 heteroatoms. The molecule has 2 aromatic carbocycles. The number of aromatic nitrogens is 4. The summed E-state index contributed by atoms with van der Waals surface area (Å²) in [5.41, 5.74) is 26.4. The van der Waals surface area contributed by atoms with E-state index in [-0.39, 0.29) is 101 Å². The lowest BCUT2D eigenvalue weighted by Gasteiger charge is -2.31. The second-order valence-corrected chi connectivity index (χ2v) is 26.1. The zero-order valence-electron chi connectivity index (χ0n) is 56.2. The van der Waals surface area contributed by atoms with Crippen molar-refractivity contribution >= 4 is 98.7 Å². The van der Waals surface area contributed by atoms with Gasteiger partial charge in [-0.2, -0.15) is 0 Å². The number of nitrogens with two attached hydrogens (primary N) is 4. The number of amides is 12. The first kappa shape index (κ1) is 76.1. The van der Waals surface area contributed by atoms with Crippen molar-refractivity contribution in [3.63, 3.8) is 0 Å². The average molecular weight is 1380 g/mol. The zero-order valence-corrected chi connectivity index (χ0v) is 56.2. The number of benzene rings is 2. The first-order valence-corrected chi connectivity index (χ1v) is 33.6. The number of primary amides is 2. The van der Waals surface area contributed by atoms with Crippen LogP contribution in [0.4, 0.5) is 0 Å². The third kappa shape index (κ3) is 21.6. The summed E-state index contributed by atoms with van der Waals surface area (Å²) in [5.74, 6) is -11.3. The molecule has 99 heavy (non-hydrogen) atoms. The van der Waals surface area contributed by atoms with E-state index in [0.717, 1.165) is 32.3 Å². The second-order valence-electron chi connectivity index (χ2n) is 26.1. The van der Waals surface area contributed by atoms with E-state index in [0.29, 0.717) is 31.2 Å². The molecule has 0 spiro atoms. The molecule has 3 aromatic heterocycles. The maximum atomic E-state index is 14.9. The standard InChI is InChI=1S/C67H94N18O14/c1-36(2)27-48(81-62(93)50(30-39-32-74-44-16-8-6-14-41(39)44)82-64(95)57(51-33-72-35-76-51)83-58(89)42(69)29-38-31-73-43-15-7-5-13-40(38)43)60(91)78-45(20-22-54(70)86)59(90)80-49(28-37(3)4)61(92)79-46(17-9-10-24-68)65(96)84-25-11-18-52(84)63(94)75-34-56(88)77-47(21-23-55(71)87)66(97)85-26-12-19-53(85)67(98)99/h5-8,13-16,31-33,35-37,42,45-50,52-53,57,73-74H,9-12,17-30,34,68-69H2,1-4H3,(H2,70,86)(H2,71,87)(H,72,76)(H,75,94)(H,77,88)(H,78,91)(H,79,92)(H,80,90)(H,81,93)(H,82,95)(H,83,89)(H,98,99). The number of carboxylic acid groups (broad SMARTS) is 1. The monoisotopic (exact) mass is 1370 g/mol. The maximum Gasteiger partial charge on any atom is 0.326 e. The van der Waals surface area contributed by atoms with Gasteiger partial charge in [0.15, 0.2) is 0 Å². The first-order valence-electron chi connectivity index (χ1n) is 33.6. The number of hydrogen-bond acceptors (Lipinski definition) is 16. The largest absolute Gasteiger partial charge is 0.480 e. The summed E-state index contributed by atoms with van der Waals surface area (Å²) in [6, 6.07) is 1.59. The van der Waals surface area contributed by atoms with Gasteiger partial charge in [-0.05, 0) is 119 Å². The number of nitrogens with zero attached hydrogens (tertiary/aromatic N) is 3. The number of carboxylic acids is 1. The lowest BCUT2D eigenvalue weighted by molar-refractivity contribution is -0.149. The third-order valence-corrected chi connectivity index (χ3v) is 17.5. The van der Waals surface area contributed by atoms with E-state index >= 15 is 0 Å². The number of carbonyl (C=O) groups excluding carboxylic acids is 12. The van der Waals surface area contributed by atoms with Crippen molar-refractivity contribution in [3.8, 4) is 0 Å². The number of carbonyl (C=O) groups is 13. The number of hydrogen-bond donors (Lipinski definition) is 16. The van der Waals surface area contributed by atoms with E-state index in [1.54, 1.807) is 46.2 Å². The molecule has 0 bridgehead atoms. The fourth-order valence-corrected chi connectivity index (χ4v) is 12.4. The number of H-pyrrole nitrogens is 3. The number of rotatable bonds is 38. The highest BCUT2D eigenvalue weighted by Crippen LogP contribution is 2.25. The molecule has 0 radical (unpaired) electrons. The normalized spacial score (nSPS) is 16.9. The van der Waals surface area contributed by atoms with Gasteiger partial charge in [-0.15, -0.1) is 0 Å². The Hall–Kier alpha value is -10.2. The Morgan fingerprint density at radius 3 is 1.59 bits per heavy atom. The van der Waals surface area contributed by atoms with Crippen LogP contribution in [0, 0.1) is 11.8 Å². The van der Waals surface area contributed by atoms with Crippen molar-refractivity contribution in [2.24, 2.45) is 34.8 Å². The number of aromatic amines is 3. The van der Waals surface area contributed by atoms with Crippen molar-refractivity contribution < 1.29 is 67.4 Å². The molecule has 10 unspecified atom stereocenters. The topological polar surface area (TPSA) is 509 Å². The van der Waals surface area contributed by atoms with Gasteiger partial charge in [0.05, 0.1) is 30.8 Å². The van der Waals surface area contributed by atoms with Gasteiger partial charge < -0.3 is 95.3 Å². The van der Waals surface area contributed by atoms with Crippen LogP contribution < -0.4 is 65.5 Å². The predicted octanol–water partition coefficient (Wildman–Crippen LogP) is -0.814. The number of nitrogens with one attached hydrogen (secondary N) is 11. The van der Waals surface area contributed by atoms with Crippen LogP contribution in [0.3, 0.4) is 0 Å². The molecule has 7 rings (SSSR count). The van der Waals surface area contributed by atoms with Gasteiger partial charge in [-0.1, -0.05) is 64.1 Å². The van der Waals surface area contributed by atoms with E-state index in [4.69, 9.17) is 22.9 Å². The van der Waals surface area contributed by atoms with Crippen molar-refractivity contribution in [1.29, 1.82) is 0 Å². The zero-order chi connectivity index (χ0) is 72.0. The van der Waals surface area contributed by atoms with Crippen LogP contribution in [0.5, 0.6) is 0 Å². The SMILES string of the molecule is CC(C)CC(NC(=O)C(Cc1c[nH]c2ccccc12)NC(=O)C(NC(=O)C(N)Cc1c[nH]c2ccccc12)c1cnc[nH]1)C(=O)NC(CCC(N)=O)C(=O)NC(CC(C)C)C(=O)NC(CCCCN)C(=O)N1CCCC1C(=O)NCC(=O)NC(CCC(N)=O)C(=O)N1CCCC1C(=O)O. The minimum absolute atomic E-state index is 0.0000261. The smallest absolute Gasteiger partial charge is 0.326 e. The van der Waals surface area contributed by atoms with Crippen LogP contribution >= 0.6 is 0 Å². The van der Waals surface area contributed by atoms with E-state index in [2.05, 4.69) is 62.5 Å². The molecule has 10 atom stereocenters. The van der Waals surface area contributed by atoms with E-state index in [1.165, 1.54) is 17.4 Å². The highest BCUT2D eigenvalue weighted by atomic mass is 16.4. The molecule has 20 N–H and O–H groups in total. The molecule has 2 saturated heterocycles. The van der Waals surface area contributed by atoms with E-state index < -0.39 is 150 Å². The summed E-state index contributed by atoms with van der Waals surface area (Å²) < 4.78 is 0. The van der Waals surface area contributed by atoms with Crippen LogP contribution in [0.15, 0.2) is 73.4 Å². The van der Waals surface area contributed by atoms with Crippen LogP contribution in [-0.2, 0) is 75.2 Å². The number of aliphatic carboxylic acids is 1. The van der Waals surface area contributed by atoms with Crippen molar-refractivity contribution in [3.05, 3.63) is 90.3 Å². The summed E-state index contributed by atoms with van der Waals surface area (Å²) >= 11 is 0. The van der Waals surface area contributed by atoms with Crippen molar-refractivity contribution in [1.82, 2.24) is 72.3 Å². The molecule has 0 aliphatic carbocycles. The number of para-hydroxylation sites is 2. The summed E-state index contributed by atoms with van der Waals surface area (Å²) in [6.45, 7) is 6.90. The molecule has 2 aliphatic rings. The predicted molar refractivity (Wildman–Crippen MR) is 362 cm³/mol. The van der Waals surface area contributed by atoms with Gasteiger partial charge in [0, 0.05) is 66.6 Å². The fraction of sp³-hybridized carbons (Fsp3) is 0.522. The third-order valence-electron chi connectivity index (χ3n) is 17.5. The van der Waals surface area contributed by atoms with Gasteiger partial charge in [-0.25, -0.2) is 9.78 Å². The molecule has 536 valence electrons. The Kier molecular flexibility index (Phi) is 28.0. The summed E-state index contributed by atoms with van der Waals surface area (Å²) in [7, 11) is 0. The van der Waals surface area contributed by atoms with Gasteiger partial charge in [0.1, 0.15) is 54.4 Å². The molecular formula is C67H94N18O14. The van der Waals surface area contributed by atoms with Crippen LogP contribution in [0.2, 0.25) is 0 Å². The highest BCUT2D eigenvalue weighted by Gasteiger charge is 2.42. The molecule has 0 saturated carbocycles. The Morgan fingerprint density at radius 2 is 1.05 bits per heavy atom. The Balaban J connectivity index is 1.05. The average Bonchev–Trinajstić information content (AvgIpc) is 1.32. The molecule has 5 heterocycles. The summed E-state index contributed by atoms with van der Waals surface area (Å²) in [4.78, 5) is 194. The van der Waals surface area contributed by atoms with Crippen LogP contribution in [0.1, 0.15) is 134 Å². The maximum absolute atomic E-state index is 14.9. The Bertz CT molecular complexity index is 3680. The summed E-state index contributed by atoms with van der Waals surface area (Å²) in [5, 5.41) is 32.7. The number of fused-ring (bicyclic) bond motifs is 2. The van der Waals surface area contributed by atoms with E-state index in [9.17, 15) is 67.4 Å². The fourth-order valence-electron chi connectivity index (χ4n) is 12.4. The Labute approximate surface area is 571 Å². The number of unbranched alkanes of at least 4 members (excludes halogenated alkanes) is 1. The summed E-state index contributed by atoms with van der Waals surface area (Å²) in [6.07, 6.45) is 6.68. The number of imidazole rings is 1.